The van der Waals surface area contributed by atoms with Crippen LogP contribution in [0.1, 0.15) is 0 Å². The molecule has 6 heteroatoms. The maximum Gasteiger partial charge on any atom is 0.369 e. The summed E-state index contributed by atoms with van der Waals surface area (Å²) in [5.74, 6) is 0.433. The molecule has 0 aliphatic carbocycles. The molecule has 0 saturated heterocycles. The highest BCUT2D eigenvalue weighted by Crippen LogP contribution is 1.87. The molecule has 0 radical (unpaired) electrons. The van der Waals surface area contributed by atoms with Gasteiger partial charge in [-0.3, -0.25) is 0 Å². The van der Waals surface area contributed by atoms with Gasteiger partial charge in [0.2, 0.25) is 5.95 Å². The van der Waals surface area contributed by atoms with Crippen LogP contribution in [0.3, 0.4) is 0 Å². The average Bonchev–Trinajstić information content (AvgIpc) is 2.43. The van der Waals surface area contributed by atoms with Crippen LogP contribution in [-0.4, -0.2) is 23.0 Å². The number of nitrogens with one attached hydrogen (secondary N) is 1. The van der Waals surface area contributed by atoms with Crippen LogP contribution in [0.5, 0.6) is 0 Å². The van der Waals surface area contributed by atoms with Crippen LogP contribution in [-0.2, 0) is 0 Å². The van der Waals surface area contributed by atoms with Crippen LogP contribution < -0.4 is 16.2 Å². The van der Waals surface area contributed by atoms with Gasteiger partial charge in [-0.2, -0.15) is 15.0 Å². The van der Waals surface area contributed by atoms with E-state index in [0.717, 1.165) is 0 Å². The lowest BCUT2D eigenvalue weighted by atomic mass is 10.6. The van der Waals surface area contributed by atoms with Gasteiger partial charge in [0.1, 0.15) is 5.36 Å². The van der Waals surface area contributed by atoms with Crippen molar-refractivity contribution < 1.29 is 4.79 Å². The van der Waals surface area contributed by atoms with E-state index >= 15 is 0 Å². The van der Waals surface area contributed by atoms with Gasteiger partial charge in [-0.15, -0.1) is 0 Å². The standard InChI is InChI=1S/C6H5N5O/c1-7-5-8-2-3-4(10-5)11-6(12)9-3/h2H,1H3,(H,7,10,11,12). The van der Waals surface area contributed by atoms with Crippen LogP contribution in [0, 0.1) is 0 Å². The van der Waals surface area contributed by atoms with Crippen molar-refractivity contribution in [3.05, 3.63) is 17.0 Å². The molecular weight excluding hydrogens is 158 g/mol. The van der Waals surface area contributed by atoms with Gasteiger partial charge in [0.15, 0.2) is 5.49 Å². The third kappa shape index (κ3) is 0.931. The van der Waals surface area contributed by atoms with Crippen LogP contribution in [0.2, 0.25) is 0 Å². The molecular formula is C6H5N5O. The number of nitrogens with zero attached hydrogens (tertiary/aromatic N) is 4. The van der Waals surface area contributed by atoms with E-state index in [-0.39, 0.29) is 0 Å². The summed E-state index contributed by atoms with van der Waals surface area (Å²) in [4.78, 5) is 25.6. The predicted octanol–water partition coefficient (Wildman–Crippen LogP) is -1.11. The van der Waals surface area contributed by atoms with Gasteiger partial charge in [0.25, 0.3) is 0 Å². The number of hydrogen-bond acceptors (Lipinski definition) is 4. The molecule has 0 aromatic carbocycles. The van der Waals surface area contributed by atoms with Gasteiger partial charge in [-0.1, -0.05) is 0 Å². The van der Waals surface area contributed by atoms with E-state index in [4.69, 9.17) is 0 Å². The lowest BCUT2D eigenvalue weighted by Gasteiger charge is -1.92. The number of fused-ring (bicyclic) bond motifs is 1. The minimum Gasteiger partial charge on any atom is -0.357 e. The molecule has 2 heterocycles. The summed E-state index contributed by atoms with van der Waals surface area (Å²) < 4.78 is 0. The molecule has 0 fully saturated rings. The molecule has 0 saturated carbocycles. The van der Waals surface area contributed by atoms with Crippen molar-refractivity contribution in [3.63, 3.8) is 0 Å². The zero-order valence-electron chi connectivity index (χ0n) is 6.27. The second-order valence-corrected chi connectivity index (χ2v) is 2.16. The highest BCUT2D eigenvalue weighted by Gasteiger charge is 2.06. The third-order valence-electron chi connectivity index (χ3n) is 1.39. The quantitative estimate of drug-likeness (QED) is 0.569. The molecule has 12 heavy (non-hydrogen) atoms. The molecule has 1 aromatic heterocycles. The normalized spacial score (nSPS) is 13.2. The number of carbonyl (C=O) groups excluding carboxylic acids is 1. The van der Waals surface area contributed by atoms with Crippen LogP contribution >= 0.6 is 0 Å². The minimum atomic E-state index is -0.521. The topological polar surface area (TPSA) is 79.6 Å². The largest absolute Gasteiger partial charge is 0.369 e. The molecule has 1 aromatic rings. The van der Waals surface area contributed by atoms with E-state index in [2.05, 4.69) is 25.3 Å². The first kappa shape index (κ1) is 6.84. The van der Waals surface area contributed by atoms with Gasteiger partial charge in [0.05, 0.1) is 6.20 Å². The summed E-state index contributed by atoms with van der Waals surface area (Å²) >= 11 is 0. The number of carbonyl (C=O) groups is 1. The number of amides is 2. The molecule has 1 aliphatic heterocycles. The summed E-state index contributed by atoms with van der Waals surface area (Å²) in [6.07, 6.45) is 1.46. The van der Waals surface area contributed by atoms with Crippen LogP contribution in [0.4, 0.5) is 10.7 Å². The lowest BCUT2D eigenvalue weighted by molar-refractivity contribution is 0.256. The summed E-state index contributed by atoms with van der Waals surface area (Å²) in [6.45, 7) is 0. The maximum absolute atomic E-state index is 10.7. The van der Waals surface area contributed by atoms with Gasteiger partial charge < -0.3 is 5.32 Å². The molecule has 0 atom stereocenters. The summed E-state index contributed by atoms with van der Waals surface area (Å²) in [7, 11) is 1.69. The first-order chi connectivity index (χ1) is 5.79. The third-order valence-corrected chi connectivity index (χ3v) is 1.39. The summed E-state index contributed by atoms with van der Waals surface area (Å²) in [6, 6.07) is -0.521. The molecule has 0 unspecified atom stereocenters. The molecule has 2 rings (SSSR count). The highest BCUT2D eigenvalue weighted by atomic mass is 16.2. The van der Waals surface area contributed by atoms with Gasteiger partial charge in [-0.05, 0) is 0 Å². The summed E-state index contributed by atoms with van der Waals surface area (Å²) in [5.41, 5.74) is 0.333. The van der Waals surface area contributed by atoms with Crippen molar-refractivity contribution in [2.24, 2.45) is 9.98 Å². The number of urea groups is 1. The SMILES string of the molecule is CNc1ncc2c(n1)=NC(=O)N=2. The van der Waals surface area contributed by atoms with Crippen molar-refractivity contribution in [2.75, 3.05) is 12.4 Å². The Balaban J connectivity index is 2.72. The molecule has 6 nitrogen and oxygen atoms in total. The Morgan fingerprint density at radius 3 is 3.00 bits per heavy atom. The number of rotatable bonds is 1. The fraction of sp³-hybridized carbons (Fsp3) is 0.167. The predicted molar refractivity (Wildman–Crippen MR) is 39.3 cm³/mol. The van der Waals surface area contributed by atoms with E-state index < -0.39 is 6.03 Å². The first-order valence-electron chi connectivity index (χ1n) is 3.32. The van der Waals surface area contributed by atoms with E-state index in [1.54, 1.807) is 7.05 Å². The fourth-order valence-electron chi connectivity index (χ4n) is 0.867. The van der Waals surface area contributed by atoms with E-state index in [1.165, 1.54) is 6.20 Å². The van der Waals surface area contributed by atoms with Gasteiger partial charge >= 0.3 is 6.03 Å². The Morgan fingerprint density at radius 1 is 1.42 bits per heavy atom. The van der Waals surface area contributed by atoms with Crippen LogP contribution in [0.15, 0.2) is 16.2 Å². The van der Waals surface area contributed by atoms with Crippen molar-refractivity contribution in [1.29, 1.82) is 0 Å². The number of anilines is 1. The van der Waals surface area contributed by atoms with E-state index in [1.807, 2.05) is 0 Å². The average molecular weight is 163 g/mol. The molecule has 1 aliphatic rings. The maximum atomic E-state index is 10.7. The molecule has 60 valence electrons. The molecule has 0 spiro atoms. The Morgan fingerprint density at radius 2 is 2.25 bits per heavy atom. The monoisotopic (exact) mass is 163 g/mol. The second kappa shape index (κ2) is 2.33. The Hall–Kier alpha value is -1.85. The van der Waals surface area contributed by atoms with E-state index in [0.29, 0.717) is 16.8 Å². The van der Waals surface area contributed by atoms with Gasteiger partial charge in [-0.25, -0.2) is 9.78 Å². The van der Waals surface area contributed by atoms with Crippen molar-refractivity contribution in [3.8, 4) is 0 Å². The Labute approximate surface area is 67.1 Å². The fourth-order valence-corrected chi connectivity index (χ4v) is 0.867. The summed E-state index contributed by atoms with van der Waals surface area (Å²) in [5, 5.41) is 3.17. The Bertz CT molecular complexity index is 451. The van der Waals surface area contributed by atoms with Gasteiger partial charge in [0, 0.05) is 7.05 Å². The van der Waals surface area contributed by atoms with Crippen molar-refractivity contribution >= 4 is 12.0 Å². The Kier molecular flexibility index (Phi) is 1.33. The molecule has 0 bridgehead atoms. The zero-order chi connectivity index (χ0) is 8.55. The lowest BCUT2D eigenvalue weighted by Crippen LogP contribution is -2.27. The smallest absolute Gasteiger partial charge is 0.357 e. The van der Waals surface area contributed by atoms with E-state index in [9.17, 15) is 4.79 Å². The van der Waals surface area contributed by atoms with Crippen molar-refractivity contribution in [1.82, 2.24) is 9.97 Å². The highest BCUT2D eigenvalue weighted by molar-refractivity contribution is 5.77. The first-order valence-corrected chi connectivity index (χ1v) is 3.32. The molecule has 1 N–H and O–H groups in total. The zero-order valence-corrected chi connectivity index (χ0v) is 6.27. The van der Waals surface area contributed by atoms with Crippen LogP contribution in [0.25, 0.3) is 0 Å². The number of aromatic nitrogens is 2. The second-order valence-electron chi connectivity index (χ2n) is 2.16. The molecule has 2 amide bonds. The number of hydrogen-bond donors (Lipinski definition) is 1. The van der Waals surface area contributed by atoms with Crippen molar-refractivity contribution in [2.45, 2.75) is 0 Å². The minimum absolute atomic E-state index is 0.333.